The molecule has 1 aliphatic carbocycles. The number of nitrogens with one attached hydrogen (secondary N) is 2. The van der Waals surface area contributed by atoms with Gasteiger partial charge >= 0.3 is 6.09 Å². The van der Waals surface area contributed by atoms with Gasteiger partial charge < -0.3 is 25.0 Å². The number of carbonyl (C=O) groups is 1. The van der Waals surface area contributed by atoms with Gasteiger partial charge in [-0.15, -0.1) is 0 Å². The van der Waals surface area contributed by atoms with Crippen LogP contribution >= 0.6 is 0 Å². The van der Waals surface area contributed by atoms with E-state index in [4.69, 9.17) is 9.47 Å². The van der Waals surface area contributed by atoms with Crippen molar-refractivity contribution < 1.29 is 18.7 Å². The number of fused-ring (bicyclic) bond motifs is 3. The number of anilines is 1. The molecule has 7 heteroatoms. The lowest BCUT2D eigenvalue weighted by Crippen LogP contribution is -2.48. The molecule has 2 heterocycles. The second kappa shape index (κ2) is 10.0. The standard InChI is InChI=1S/C25H34FN3O3/c1-16-13-20-23(21(26)14-16)28-22(17-7-5-4-6-8-17)19-10-9-18(32-24(19)20)15-31-25(30)27-11-12-29(2)3/h4-7,13-14,17-19,22,24,28H,8-12,15H2,1-3H3,(H,27,30)/t17?,18-,19+,22+,24+/m1/s1. The van der Waals surface area contributed by atoms with Gasteiger partial charge in [0, 0.05) is 36.5 Å². The van der Waals surface area contributed by atoms with Crippen molar-refractivity contribution >= 4 is 11.8 Å². The van der Waals surface area contributed by atoms with E-state index in [-0.39, 0.29) is 36.6 Å². The van der Waals surface area contributed by atoms with Gasteiger partial charge in [0.05, 0.1) is 17.9 Å². The molecule has 3 aliphatic rings. The summed E-state index contributed by atoms with van der Waals surface area (Å²) < 4.78 is 26.8. The first kappa shape index (κ1) is 22.8. The Balaban J connectivity index is 1.46. The summed E-state index contributed by atoms with van der Waals surface area (Å²) in [6.45, 7) is 3.38. The number of hydrogen-bond donors (Lipinski definition) is 2. The van der Waals surface area contributed by atoms with E-state index in [2.05, 4.69) is 34.9 Å². The minimum absolute atomic E-state index is 0.0992. The Labute approximate surface area is 189 Å². The van der Waals surface area contributed by atoms with Crippen molar-refractivity contribution in [2.45, 2.75) is 44.4 Å². The van der Waals surface area contributed by atoms with Crippen LogP contribution in [0.4, 0.5) is 14.9 Å². The maximum atomic E-state index is 14.9. The molecule has 1 aromatic carbocycles. The van der Waals surface area contributed by atoms with Crippen LogP contribution in [0.5, 0.6) is 0 Å². The lowest BCUT2D eigenvalue weighted by atomic mass is 9.73. The van der Waals surface area contributed by atoms with Gasteiger partial charge in [-0.1, -0.05) is 30.4 Å². The molecule has 174 valence electrons. The second-order valence-electron chi connectivity index (χ2n) is 9.34. The van der Waals surface area contributed by atoms with Crippen LogP contribution in [0.3, 0.4) is 0 Å². The van der Waals surface area contributed by atoms with Crippen molar-refractivity contribution in [1.82, 2.24) is 10.2 Å². The number of carbonyl (C=O) groups excluding carboxylic acids is 1. The molecule has 1 fully saturated rings. The van der Waals surface area contributed by atoms with E-state index in [1.54, 1.807) is 6.07 Å². The summed E-state index contributed by atoms with van der Waals surface area (Å²) in [6.07, 6.45) is 10.3. The van der Waals surface area contributed by atoms with Crippen molar-refractivity contribution in [2.75, 3.05) is 39.1 Å². The van der Waals surface area contributed by atoms with Crippen LogP contribution in [-0.2, 0) is 9.47 Å². The van der Waals surface area contributed by atoms with Crippen molar-refractivity contribution in [1.29, 1.82) is 0 Å². The number of halogens is 1. The first-order valence-electron chi connectivity index (χ1n) is 11.5. The maximum Gasteiger partial charge on any atom is 0.407 e. The Kier molecular flexibility index (Phi) is 7.16. The molecule has 0 spiro atoms. The van der Waals surface area contributed by atoms with Crippen LogP contribution in [0.1, 0.15) is 36.5 Å². The van der Waals surface area contributed by atoms with Gasteiger partial charge in [0.1, 0.15) is 12.4 Å². The largest absolute Gasteiger partial charge is 0.447 e. The van der Waals surface area contributed by atoms with E-state index in [1.807, 2.05) is 32.0 Å². The van der Waals surface area contributed by atoms with Gasteiger partial charge in [0.2, 0.25) is 0 Å². The van der Waals surface area contributed by atoms with Crippen molar-refractivity contribution in [3.63, 3.8) is 0 Å². The Morgan fingerprint density at radius 2 is 2.16 bits per heavy atom. The molecule has 1 unspecified atom stereocenters. The van der Waals surface area contributed by atoms with Crippen LogP contribution in [-0.4, -0.2) is 56.9 Å². The SMILES string of the molecule is Cc1cc(F)c2c(c1)[C@H]1O[C@@H](COC(=O)NCCN(C)C)CC[C@H]1[C@H](C1C=CC=CC1)N2. The summed E-state index contributed by atoms with van der Waals surface area (Å²) in [4.78, 5) is 14.0. The van der Waals surface area contributed by atoms with Gasteiger partial charge in [-0.05, 0) is 51.9 Å². The lowest BCUT2D eigenvalue weighted by molar-refractivity contribution is -0.113. The predicted molar refractivity (Wildman–Crippen MR) is 123 cm³/mol. The molecule has 6 nitrogen and oxygen atoms in total. The number of nitrogens with zero attached hydrogens (tertiary/aromatic N) is 1. The third kappa shape index (κ3) is 5.15. The zero-order valence-corrected chi connectivity index (χ0v) is 19.1. The summed E-state index contributed by atoms with van der Waals surface area (Å²) in [5.74, 6) is 0.288. The highest BCUT2D eigenvalue weighted by molar-refractivity contribution is 5.67. The highest BCUT2D eigenvalue weighted by Crippen LogP contribution is 2.48. The summed E-state index contributed by atoms with van der Waals surface area (Å²) in [6, 6.07) is 3.69. The quantitative estimate of drug-likeness (QED) is 0.691. The Morgan fingerprint density at radius 3 is 2.91 bits per heavy atom. The highest BCUT2D eigenvalue weighted by atomic mass is 19.1. The second-order valence-corrected chi connectivity index (χ2v) is 9.34. The zero-order valence-electron chi connectivity index (χ0n) is 19.1. The number of amides is 1. The molecule has 2 N–H and O–H groups in total. The average Bonchev–Trinajstić information content (AvgIpc) is 2.77. The molecule has 2 aliphatic heterocycles. The summed E-state index contributed by atoms with van der Waals surface area (Å²) in [5.41, 5.74) is 2.30. The fourth-order valence-corrected chi connectivity index (χ4v) is 5.01. The topological polar surface area (TPSA) is 62.8 Å². The minimum Gasteiger partial charge on any atom is -0.447 e. The van der Waals surface area contributed by atoms with Crippen LogP contribution in [0.15, 0.2) is 36.4 Å². The molecule has 0 radical (unpaired) electrons. The molecule has 32 heavy (non-hydrogen) atoms. The van der Waals surface area contributed by atoms with Crippen LogP contribution in [0.25, 0.3) is 0 Å². The number of ether oxygens (including phenoxy) is 2. The smallest absolute Gasteiger partial charge is 0.407 e. The Morgan fingerprint density at radius 1 is 1.31 bits per heavy atom. The van der Waals surface area contributed by atoms with Crippen molar-refractivity contribution in [3.8, 4) is 0 Å². The minimum atomic E-state index is -0.429. The normalized spacial score (nSPS) is 28.6. The number of allylic oxidation sites excluding steroid dienone is 3. The fraction of sp³-hybridized carbons (Fsp3) is 0.560. The summed E-state index contributed by atoms with van der Waals surface area (Å²) in [7, 11) is 3.90. The molecular weight excluding hydrogens is 409 g/mol. The predicted octanol–water partition coefficient (Wildman–Crippen LogP) is 4.18. The Hall–Kier alpha value is -2.38. The summed E-state index contributed by atoms with van der Waals surface area (Å²) in [5, 5.41) is 6.28. The first-order chi connectivity index (χ1) is 15.4. The highest BCUT2D eigenvalue weighted by Gasteiger charge is 2.44. The van der Waals surface area contributed by atoms with E-state index in [0.29, 0.717) is 18.2 Å². The van der Waals surface area contributed by atoms with E-state index in [9.17, 15) is 9.18 Å². The molecule has 0 saturated carbocycles. The molecule has 1 aromatic rings. The summed E-state index contributed by atoms with van der Waals surface area (Å²) >= 11 is 0. The number of likely N-dealkylation sites (N-methyl/N-ethyl adjacent to an activating group) is 1. The van der Waals surface area contributed by atoms with E-state index < -0.39 is 6.09 Å². The number of alkyl carbamates (subject to hydrolysis) is 1. The Bertz CT molecular complexity index is 885. The first-order valence-corrected chi connectivity index (χ1v) is 11.5. The number of hydrogen-bond acceptors (Lipinski definition) is 5. The van der Waals surface area contributed by atoms with Crippen molar-refractivity contribution in [2.24, 2.45) is 11.8 Å². The average molecular weight is 444 g/mol. The molecule has 5 atom stereocenters. The van der Waals surface area contributed by atoms with Crippen LogP contribution < -0.4 is 10.6 Å². The number of rotatable bonds is 6. The third-order valence-corrected chi connectivity index (χ3v) is 6.60. The fourth-order valence-electron chi connectivity index (χ4n) is 5.01. The zero-order chi connectivity index (χ0) is 22.7. The van der Waals surface area contributed by atoms with E-state index in [1.165, 1.54) is 0 Å². The number of aryl methyl sites for hydroxylation is 1. The van der Waals surface area contributed by atoms with Gasteiger partial charge in [-0.2, -0.15) is 0 Å². The van der Waals surface area contributed by atoms with Crippen LogP contribution in [0, 0.1) is 24.6 Å². The molecule has 1 amide bonds. The molecule has 0 bridgehead atoms. The van der Waals surface area contributed by atoms with E-state index >= 15 is 0 Å². The van der Waals surface area contributed by atoms with Crippen LogP contribution in [0.2, 0.25) is 0 Å². The van der Waals surface area contributed by atoms with Gasteiger partial charge in [0.25, 0.3) is 0 Å². The molecular formula is C25H34FN3O3. The molecule has 1 saturated heterocycles. The van der Waals surface area contributed by atoms with Gasteiger partial charge in [-0.25, -0.2) is 9.18 Å². The third-order valence-electron chi connectivity index (χ3n) is 6.60. The monoisotopic (exact) mass is 443 g/mol. The molecule has 0 aromatic heterocycles. The lowest BCUT2D eigenvalue weighted by Gasteiger charge is -2.47. The van der Waals surface area contributed by atoms with Gasteiger partial charge in [0.15, 0.2) is 0 Å². The van der Waals surface area contributed by atoms with Gasteiger partial charge in [-0.3, -0.25) is 0 Å². The number of benzene rings is 1. The molecule has 4 rings (SSSR count). The van der Waals surface area contributed by atoms with E-state index in [0.717, 1.165) is 36.9 Å². The van der Waals surface area contributed by atoms with Crippen molar-refractivity contribution in [3.05, 3.63) is 53.4 Å². The maximum absolute atomic E-state index is 14.9.